The van der Waals surface area contributed by atoms with Crippen LogP contribution in [0.25, 0.3) is 0 Å². The number of carbonyl (C=O) groups is 1. The smallest absolute Gasteiger partial charge is 0.254 e. The van der Waals surface area contributed by atoms with E-state index in [1.807, 2.05) is 4.90 Å². The number of ether oxygens (including phenoxy) is 1. The molecule has 4 nitrogen and oxygen atoms in total. The van der Waals surface area contributed by atoms with E-state index in [9.17, 15) is 9.18 Å². The first kappa shape index (κ1) is 17.4. The lowest BCUT2D eigenvalue weighted by Crippen LogP contribution is -2.46. The van der Waals surface area contributed by atoms with Crippen molar-refractivity contribution in [3.63, 3.8) is 0 Å². The van der Waals surface area contributed by atoms with Gasteiger partial charge in [-0.2, -0.15) is 0 Å². The third-order valence-electron chi connectivity index (χ3n) is 5.17. The van der Waals surface area contributed by atoms with Gasteiger partial charge in [0.1, 0.15) is 5.82 Å². The molecule has 2 aliphatic heterocycles. The van der Waals surface area contributed by atoms with Crippen LogP contribution in [0.4, 0.5) is 4.39 Å². The highest BCUT2D eigenvalue weighted by Crippen LogP contribution is 2.37. The van der Waals surface area contributed by atoms with Gasteiger partial charge in [-0.15, -0.1) is 0 Å². The Kier molecular flexibility index (Phi) is 4.92. The number of likely N-dealkylation sites (tertiary alicyclic amines) is 1. The summed E-state index contributed by atoms with van der Waals surface area (Å²) >= 11 is 0. The molecule has 0 saturated carbocycles. The Hall–Kier alpha value is -1.46. The zero-order chi connectivity index (χ0) is 17.3. The summed E-state index contributed by atoms with van der Waals surface area (Å²) in [6.07, 6.45) is 4.33. The van der Waals surface area contributed by atoms with Gasteiger partial charge >= 0.3 is 0 Å². The van der Waals surface area contributed by atoms with Crippen molar-refractivity contribution >= 4 is 5.91 Å². The van der Waals surface area contributed by atoms with Crippen LogP contribution in [-0.2, 0) is 4.74 Å². The Bertz CT molecular complexity index is 619. The van der Waals surface area contributed by atoms with Gasteiger partial charge in [0.2, 0.25) is 0 Å². The topological polar surface area (TPSA) is 32.8 Å². The summed E-state index contributed by atoms with van der Waals surface area (Å²) in [4.78, 5) is 16.7. The summed E-state index contributed by atoms with van der Waals surface area (Å²) in [5.74, 6) is -0.418. The van der Waals surface area contributed by atoms with E-state index >= 15 is 0 Å². The van der Waals surface area contributed by atoms with Gasteiger partial charge in [0.05, 0.1) is 18.2 Å². The lowest BCUT2D eigenvalue weighted by molar-refractivity contribution is -0.124. The van der Waals surface area contributed by atoms with E-state index < -0.39 is 0 Å². The van der Waals surface area contributed by atoms with Crippen LogP contribution >= 0.6 is 0 Å². The molecular formula is C19H27FN2O2. The third-order valence-corrected chi connectivity index (χ3v) is 5.17. The standard InChI is InChI=1S/C19H27FN2O2/c1-14-6-7-15(11-17(14)20)18(23)22-10-9-19(13-22)8-4-5-16(24-19)12-21(2)3/h6-7,11,16H,4-5,8-10,12-13H2,1-3H3/t16-,19-/m1/s1. The highest BCUT2D eigenvalue weighted by atomic mass is 19.1. The summed E-state index contributed by atoms with van der Waals surface area (Å²) in [6, 6.07) is 4.72. The number of carbonyl (C=O) groups excluding carboxylic acids is 1. The Morgan fingerprint density at radius 1 is 1.42 bits per heavy atom. The molecule has 3 rings (SSSR count). The van der Waals surface area contributed by atoms with Gasteiger partial charge in [-0.3, -0.25) is 4.79 Å². The highest BCUT2D eigenvalue weighted by molar-refractivity contribution is 5.94. The SMILES string of the molecule is Cc1ccc(C(=O)N2CC[C@]3(CCC[C@H](CN(C)C)O3)C2)cc1F. The Balaban J connectivity index is 1.67. The van der Waals surface area contributed by atoms with E-state index in [2.05, 4.69) is 19.0 Å². The molecule has 2 saturated heterocycles. The molecule has 2 aliphatic rings. The molecule has 2 atom stereocenters. The van der Waals surface area contributed by atoms with Gasteiger partial charge in [-0.05, 0) is 64.4 Å². The van der Waals surface area contributed by atoms with Crippen LogP contribution in [0.2, 0.25) is 0 Å². The molecule has 1 spiro atoms. The summed E-state index contributed by atoms with van der Waals surface area (Å²) in [6.45, 7) is 3.92. The van der Waals surface area contributed by atoms with E-state index in [0.717, 1.165) is 32.2 Å². The average Bonchev–Trinajstić information content (AvgIpc) is 2.92. The van der Waals surface area contributed by atoms with Crippen molar-refractivity contribution in [2.75, 3.05) is 33.7 Å². The molecule has 132 valence electrons. The molecule has 0 bridgehead atoms. The summed E-state index contributed by atoms with van der Waals surface area (Å²) in [5, 5.41) is 0. The fraction of sp³-hybridized carbons (Fsp3) is 0.632. The second-order valence-corrected chi connectivity index (χ2v) is 7.52. The fourth-order valence-electron chi connectivity index (χ4n) is 3.89. The number of halogens is 1. The molecule has 0 unspecified atom stereocenters. The fourth-order valence-corrected chi connectivity index (χ4v) is 3.89. The molecule has 1 amide bonds. The van der Waals surface area contributed by atoms with Gasteiger partial charge in [0.15, 0.2) is 0 Å². The van der Waals surface area contributed by atoms with Crippen LogP contribution in [0.15, 0.2) is 18.2 Å². The second-order valence-electron chi connectivity index (χ2n) is 7.52. The Morgan fingerprint density at radius 3 is 2.92 bits per heavy atom. The van der Waals surface area contributed by atoms with E-state index in [0.29, 0.717) is 24.2 Å². The number of likely N-dealkylation sites (N-methyl/N-ethyl adjacent to an activating group) is 1. The van der Waals surface area contributed by atoms with Crippen molar-refractivity contribution in [1.29, 1.82) is 0 Å². The van der Waals surface area contributed by atoms with Crippen molar-refractivity contribution in [2.45, 2.75) is 44.3 Å². The Morgan fingerprint density at radius 2 is 2.21 bits per heavy atom. The van der Waals surface area contributed by atoms with Crippen molar-refractivity contribution in [3.05, 3.63) is 35.1 Å². The lowest BCUT2D eigenvalue weighted by atomic mass is 9.90. The first-order valence-corrected chi connectivity index (χ1v) is 8.76. The first-order chi connectivity index (χ1) is 11.4. The van der Waals surface area contributed by atoms with Gasteiger partial charge in [0, 0.05) is 18.7 Å². The maximum Gasteiger partial charge on any atom is 0.254 e. The van der Waals surface area contributed by atoms with Crippen molar-refractivity contribution in [1.82, 2.24) is 9.80 Å². The van der Waals surface area contributed by atoms with Crippen LogP contribution in [0, 0.1) is 12.7 Å². The third kappa shape index (κ3) is 3.62. The van der Waals surface area contributed by atoms with Crippen molar-refractivity contribution in [2.24, 2.45) is 0 Å². The zero-order valence-electron chi connectivity index (χ0n) is 14.8. The largest absolute Gasteiger partial charge is 0.369 e. The molecule has 24 heavy (non-hydrogen) atoms. The predicted molar refractivity (Wildman–Crippen MR) is 91.7 cm³/mol. The average molecular weight is 334 g/mol. The minimum Gasteiger partial charge on any atom is -0.369 e. The molecule has 2 fully saturated rings. The van der Waals surface area contributed by atoms with Crippen molar-refractivity contribution in [3.8, 4) is 0 Å². The number of benzene rings is 1. The molecule has 0 N–H and O–H groups in total. The van der Waals surface area contributed by atoms with E-state index in [1.54, 1.807) is 19.1 Å². The molecule has 0 radical (unpaired) electrons. The lowest BCUT2D eigenvalue weighted by Gasteiger charge is -2.39. The number of nitrogens with zero attached hydrogens (tertiary/aromatic N) is 2. The van der Waals surface area contributed by atoms with Gasteiger partial charge in [0.25, 0.3) is 5.91 Å². The van der Waals surface area contributed by atoms with Gasteiger partial charge in [-0.25, -0.2) is 4.39 Å². The van der Waals surface area contributed by atoms with Gasteiger partial charge in [-0.1, -0.05) is 6.07 Å². The Labute approximate surface area is 143 Å². The number of rotatable bonds is 3. The molecule has 2 heterocycles. The van der Waals surface area contributed by atoms with Crippen LogP contribution in [0.1, 0.15) is 41.6 Å². The second kappa shape index (κ2) is 6.81. The van der Waals surface area contributed by atoms with Gasteiger partial charge < -0.3 is 14.5 Å². The number of aryl methyl sites for hydroxylation is 1. The minimum absolute atomic E-state index is 0.0934. The van der Waals surface area contributed by atoms with E-state index in [-0.39, 0.29) is 23.4 Å². The molecule has 1 aromatic rings. The number of amides is 1. The quantitative estimate of drug-likeness (QED) is 0.852. The van der Waals surface area contributed by atoms with Crippen molar-refractivity contribution < 1.29 is 13.9 Å². The zero-order valence-corrected chi connectivity index (χ0v) is 14.8. The van der Waals surface area contributed by atoms with E-state index in [1.165, 1.54) is 6.07 Å². The van der Waals surface area contributed by atoms with Crippen LogP contribution in [0.3, 0.4) is 0 Å². The highest BCUT2D eigenvalue weighted by Gasteiger charge is 2.44. The summed E-state index contributed by atoms with van der Waals surface area (Å²) in [7, 11) is 4.11. The first-order valence-electron chi connectivity index (χ1n) is 8.76. The molecular weight excluding hydrogens is 307 g/mol. The monoisotopic (exact) mass is 334 g/mol. The molecule has 0 aromatic heterocycles. The molecule has 0 aliphatic carbocycles. The van der Waals surface area contributed by atoms with Crippen LogP contribution in [0.5, 0.6) is 0 Å². The predicted octanol–water partition coefficient (Wildman–Crippen LogP) is 2.85. The normalized spacial score (nSPS) is 27.2. The van der Waals surface area contributed by atoms with Crippen LogP contribution in [-0.4, -0.2) is 61.1 Å². The van der Waals surface area contributed by atoms with Crippen LogP contribution < -0.4 is 0 Å². The minimum atomic E-state index is -0.324. The summed E-state index contributed by atoms with van der Waals surface area (Å²) < 4.78 is 20.1. The summed E-state index contributed by atoms with van der Waals surface area (Å²) in [5.41, 5.74) is 0.778. The number of hydrogen-bond acceptors (Lipinski definition) is 3. The maximum atomic E-state index is 13.7. The van der Waals surface area contributed by atoms with E-state index in [4.69, 9.17) is 4.74 Å². The number of hydrogen-bond donors (Lipinski definition) is 0. The molecule has 1 aromatic carbocycles. The maximum absolute atomic E-state index is 13.7. The molecule has 5 heteroatoms.